The van der Waals surface area contributed by atoms with Crippen LogP contribution < -0.4 is 10.6 Å². The van der Waals surface area contributed by atoms with E-state index in [1.54, 1.807) is 12.1 Å². The van der Waals surface area contributed by atoms with Gasteiger partial charge in [-0.05, 0) is 37.5 Å². The van der Waals surface area contributed by atoms with Crippen molar-refractivity contribution >= 4 is 23.3 Å². The molecule has 2 amide bonds. The summed E-state index contributed by atoms with van der Waals surface area (Å²) in [4.78, 5) is 27.2. The predicted octanol–water partition coefficient (Wildman–Crippen LogP) is 2.51. The lowest BCUT2D eigenvalue weighted by atomic mass is 9.95. The molecule has 2 aromatic heterocycles. The van der Waals surface area contributed by atoms with Gasteiger partial charge in [0, 0.05) is 19.0 Å². The highest BCUT2D eigenvalue weighted by atomic mass is 16.2. The molecule has 23 heavy (non-hydrogen) atoms. The summed E-state index contributed by atoms with van der Waals surface area (Å²) in [7, 11) is 0. The fraction of sp³-hybridized carbons (Fsp3) is 0.375. The third-order valence-electron chi connectivity index (χ3n) is 3.52. The molecule has 2 heterocycles. The molecule has 2 aromatic rings. The van der Waals surface area contributed by atoms with Gasteiger partial charge in [-0.25, -0.2) is 4.98 Å². The minimum absolute atomic E-state index is 0.0624. The van der Waals surface area contributed by atoms with E-state index in [-0.39, 0.29) is 17.7 Å². The Morgan fingerprint density at radius 1 is 1.26 bits per heavy atom. The molecule has 1 unspecified atom stereocenters. The number of hydrogen-bond acceptors (Lipinski definition) is 4. The van der Waals surface area contributed by atoms with Crippen molar-refractivity contribution in [3.8, 4) is 0 Å². The van der Waals surface area contributed by atoms with E-state index in [0.29, 0.717) is 17.9 Å². The molecule has 0 saturated heterocycles. The van der Waals surface area contributed by atoms with Crippen LogP contribution in [0.3, 0.4) is 0 Å². The third-order valence-corrected chi connectivity index (χ3v) is 3.52. The van der Waals surface area contributed by atoms with Crippen molar-refractivity contribution in [2.45, 2.75) is 40.0 Å². The average molecular weight is 315 g/mol. The highest BCUT2D eigenvalue weighted by molar-refractivity contribution is 5.91. The molecule has 0 aliphatic heterocycles. The first kappa shape index (κ1) is 16.7. The van der Waals surface area contributed by atoms with Crippen molar-refractivity contribution < 1.29 is 9.59 Å². The van der Waals surface area contributed by atoms with Gasteiger partial charge in [0.2, 0.25) is 11.8 Å². The fourth-order valence-corrected chi connectivity index (χ4v) is 2.60. The monoisotopic (exact) mass is 315 g/mol. The van der Waals surface area contributed by atoms with E-state index in [1.807, 2.05) is 20.8 Å². The first-order chi connectivity index (χ1) is 10.9. The van der Waals surface area contributed by atoms with E-state index in [2.05, 4.69) is 25.8 Å². The second-order valence-corrected chi connectivity index (χ2v) is 5.61. The fourth-order valence-electron chi connectivity index (χ4n) is 2.60. The number of carbonyl (C=O) groups is 2. The third kappa shape index (κ3) is 4.38. The van der Waals surface area contributed by atoms with Crippen LogP contribution in [-0.2, 0) is 9.59 Å². The molecular weight excluding hydrogens is 294 g/mol. The molecule has 0 spiro atoms. The Morgan fingerprint density at radius 2 is 2.00 bits per heavy atom. The Bertz CT molecular complexity index is 686. The zero-order chi connectivity index (χ0) is 17.0. The van der Waals surface area contributed by atoms with E-state index in [0.717, 1.165) is 17.0 Å². The molecule has 7 heteroatoms. The standard InChI is InChI=1S/C16H21N5O2/c1-9(16-10(2)20-21-11(16)3)7-15(23)19-14-6-5-13(8-17-14)18-12(4)22/h5-6,8-9H,7H2,1-4H3,(H,18,22)(H,20,21)(H,17,19,23). The molecule has 0 aromatic carbocycles. The SMILES string of the molecule is CC(=O)Nc1ccc(NC(=O)CC(C)c2c(C)n[nH]c2C)nc1. The van der Waals surface area contributed by atoms with Gasteiger partial charge in [0.15, 0.2) is 0 Å². The summed E-state index contributed by atoms with van der Waals surface area (Å²) in [6.45, 7) is 7.30. The molecule has 0 saturated carbocycles. The van der Waals surface area contributed by atoms with Crippen LogP contribution in [0.5, 0.6) is 0 Å². The van der Waals surface area contributed by atoms with Crippen molar-refractivity contribution in [1.29, 1.82) is 0 Å². The van der Waals surface area contributed by atoms with Gasteiger partial charge >= 0.3 is 0 Å². The van der Waals surface area contributed by atoms with Crippen molar-refractivity contribution in [2.75, 3.05) is 10.6 Å². The lowest BCUT2D eigenvalue weighted by Crippen LogP contribution is -2.16. The number of anilines is 2. The normalized spacial score (nSPS) is 11.8. The highest BCUT2D eigenvalue weighted by Gasteiger charge is 2.17. The van der Waals surface area contributed by atoms with Gasteiger partial charge in [-0.2, -0.15) is 5.10 Å². The largest absolute Gasteiger partial charge is 0.325 e. The Hall–Kier alpha value is -2.70. The molecule has 0 aliphatic rings. The number of hydrogen-bond donors (Lipinski definition) is 3. The van der Waals surface area contributed by atoms with E-state index < -0.39 is 0 Å². The minimum atomic E-state index is -0.164. The van der Waals surface area contributed by atoms with Crippen molar-refractivity contribution in [3.05, 3.63) is 35.3 Å². The maximum absolute atomic E-state index is 12.2. The highest BCUT2D eigenvalue weighted by Crippen LogP contribution is 2.24. The van der Waals surface area contributed by atoms with Gasteiger partial charge in [0.1, 0.15) is 5.82 Å². The van der Waals surface area contributed by atoms with Crippen LogP contribution in [0.4, 0.5) is 11.5 Å². The Labute approximate surface area is 134 Å². The quantitative estimate of drug-likeness (QED) is 0.789. The average Bonchev–Trinajstić information content (AvgIpc) is 2.79. The molecule has 0 fully saturated rings. The Kier molecular flexibility index (Phi) is 5.10. The summed E-state index contributed by atoms with van der Waals surface area (Å²) >= 11 is 0. The minimum Gasteiger partial charge on any atom is -0.325 e. The first-order valence-electron chi connectivity index (χ1n) is 7.41. The van der Waals surface area contributed by atoms with Gasteiger partial charge in [0.05, 0.1) is 17.6 Å². The van der Waals surface area contributed by atoms with Gasteiger partial charge < -0.3 is 10.6 Å². The van der Waals surface area contributed by atoms with Gasteiger partial charge in [-0.1, -0.05) is 6.92 Å². The molecule has 0 radical (unpaired) electrons. The smallest absolute Gasteiger partial charge is 0.226 e. The molecule has 0 aliphatic carbocycles. The Balaban J connectivity index is 1.95. The number of carbonyl (C=O) groups excluding carboxylic acids is 2. The number of pyridine rings is 1. The number of aromatic amines is 1. The van der Waals surface area contributed by atoms with Crippen molar-refractivity contribution in [3.63, 3.8) is 0 Å². The number of aromatic nitrogens is 3. The zero-order valence-electron chi connectivity index (χ0n) is 13.7. The second-order valence-electron chi connectivity index (χ2n) is 5.61. The molecule has 0 bridgehead atoms. The number of H-pyrrole nitrogens is 1. The number of aryl methyl sites for hydroxylation is 2. The molecular formula is C16H21N5O2. The van der Waals surface area contributed by atoms with Crippen LogP contribution in [0.15, 0.2) is 18.3 Å². The van der Waals surface area contributed by atoms with Crippen LogP contribution in [-0.4, -0.2) is 27.0 Å². The summed E-state index contributed by atoms with van der Waals surface area (Å²) in [6.07, 6.45) is 1.85. The summed E-state index contributed by atoms with van der Waals surface area (Å²) < 4.78 is 0. The van der Waals surface area contributed by atoms with Crippen LogP contribution in [0.2, 0.25) is 0 Å². The summed E-state index contributed by atoms with van der Waals surface area (Å²) in [6, 6.07) is 3.35. The number of nitrogens with one attached hydrogen (secondary N) is 3. The van der Waals surface area contributed by atoms with Crippen LogP contribution in [0.1, 0.15) is 43.1 Å². The van der Waals surface area contributed by atoms with Crippen LogP contribution >= 0.6 is 0 Å². The summed E-state index contributed by atoms with van der Waals surface area (Å²) in [5, 5.41) is 12.5. The van der Waals surface area contributed by atoms with Crippen molar-refractivity contribution in [1.82, 2.24) is 15.2 Å². The van der Waals surface area contributed by atoms with Crippen molar-refractivity contribution in [2.24, 2.45) is 0 Å². The predicted molar refractivity (Wildman–Crippen MR) is 88.3 cm³/mol. The second kappa shape index (κ2) is 7.04. The van der Waals surface area contributed by atoms with Gasteiger partial charge in [-0.3, -0.25) is 14.7 Å². The topological polar surface area (TPSA) is 99.8 Å². The molecule has 7 nitrogen and oxygen atoms in total. The van der Waals surface area contributed by atoms with E-state index in [1.165, 1.54) is 13.1 Å². The van der Waals surface area contributed by atoms with Gasteiger partial charge in [0.25, 0.3) is 0 Å². The van der Waals surface area contributed by atoms with E-state index >= 15 is 0 Å². The van der Waals surface area contributed by atoms with Crippen LogP contribution in [0, 0.1) is 13.8 Å². The van der Waals surface area contributed by atoms with Gasteiger partial charge in [-0.15, -0.1) is 0 Å². The number of amides is 2. The summed E-state index contributed by atoms with van der Waals surface area (Å²) in [5.74, 6) is 0.241. The summed E-state index contributed by atoms with van der Waals surface area (Å²) in [5.41, 5.74) is 3.57. The number of nitrogens with zero attached hydrogens (tertiary/aromatic N) is 2. The van der Waals surface area contributed by atoms with E-state index in [4.69, 9.17) is 0 Å². The molecule has 122 valence electrons. The maximum atomic E-state index is 12.2. The van der Waals surface area contributed by atoms with Crippen LogP contribution in [0.25, 0.3) is 0 Å². The molecule has 3 N–H and O–H groups in total. The Morgan fingerprint density at radius 3 is 2.52 bits per heavy atom. The lowest BCUT2D eigenvalue weighted by Gasteiger charge is -2.12. The lowest BCUT2D eigenvalue weighted by molar-refractivity contribution is -0.116. The first-order valence-corrected chi connectivity index (χ1v) is 7.41. The maximum Gasteiger partial charge on any atom is 0.226 e. The zero-order valence-corrected chi connectivity index (χ0v) is 13.7. The molecule has 2 rings (SSSR count). The number of rotatable bonds is 5. The molecule has 1 atom stereocenters. The van der Waals surface area contributed by atoms with E-state index in [9.17, 15) is 9.59 Å².